The first kappa shape index (κ1) is 18.1. The van der Waals surface area contributed by atoms with E-state index in [-0.39, 0.29) is 11.3 Å². The molecule has 3 aromatic rings. The van der Waals surface area contributed by atoms with Crippen LogP contribution >= 0.6 is 15.9 Å². The van der Waals surface area contributed by atoms with Gasteiger partial charge < -0.3 is 9.72 Å². The number of aromatic amines is 1. The monoisotopic (exact) mass is 411 g/mol. The minimum atomic E-state index is -0.551. The minimum Gasteiger partial charge on any atom is -0.465 e. The lowest BCUT2D eigenvalue weighted by molar-refractivity contribution is 0.0596. The summed E-state index contributed by atoms with van der Waals surface area (Å²) in [5, 5.41) is 0. The van der Waals surface area contributed by atoms with Gasteiger partial charge in [0.15, 0.2) is 5.78 Å². The van der Waals surface area contributed by atoms with E-state index in [1.165, 1.54) is 7.11 Å². The fourth-order valence-electron chi connectivity index (χ4n) is 3.01. The first-order valence-electron chi connectivity index (χ1n) is 8.15. The number of hydrogen-bond acceptors (Lipinski definition) is 3. The SMILES string of the molecule is COC(=O)c1c(Br)[nH]c(C)c1C(=O)c1ccccc1Cc1ccccc1. The Morgan fingerprint density at radius 3 is 2.35 bits per heavy atom. The molecule has 0 amide bonds. The van der Waals surface area contributed by atoms with E-state index in [9.17, 15) is 9.59 Å². The maximum atomic E-state index is 13.3. The summed E-state index contributed by atoms with van der Waals surface area (Å²) in [6, 6.07) is 17.4. The van der Waals surface area contributed by atoms with Crippen LogP contribution in [0.25, 0.3) is 0 Å². The Balaban J connectivity index is 2.06. The number of methoxy groups -OCH3 is 1. The van der Waals surface area contributed by atoms with Crippen LogP contribution in [0.15, 0.2) is 59.2 Å². The summed E-state index contributed by atoms with van der Waals surface area (Å²) >= 11 is 3.31. The molecule has 0 radical (unpaired) electrons. The Hall–Kier alpha value is -2.66. The minimum absolute atomic E-state index is 0.198. The molecule has 0 aliphatic heterocycles. The van der Waals surface area contributed by atoms with Crippen molar-refractivity contribution in [3.8, 4) is 0 Å². The quantitative estimate of drug-likeness (QED) is 0.489. The number of esters is 1. The molecular weight excluding hydrogens is 394 g/mol. The highest BCUT2D eigenvalue weighted by Crippen LogP contribution is 2.28. The van der Waals surface area contributed by atoms with Crippen molar-refractivity contribution in [2.45, 2.75) is 13.3 Å². The standard InChI is InChI=1S/C21H18BrNO3/c1-13-17(18(20(22)23-13)21(25)26-2)19(24)16-11-7-6-10-15(16)12-14-8-4-3-5-9-14/h3-11,23H,12H2,1-2H3. The number of ether oxygens (including phenoxy) is 1. The average molecular weight is 412 g/mol. The molecule has 0 aliphatic rings. The molecule has 0 spiro atoms. The van der Waals surface area contributed by atoms with Gasteiger partial charge in [0.05, 0.1) is 17.3 Å². The van der Waals surface area contributed by atoms with Crippen molar-refractivity contribution in [2.75, 3.05) is 7.11 Å². The molecule has 4 nitrogen and oxygen atoms in total. The summed E-state index contributed by atoms with van der Waals surface area (Å²) in [6.45, 7) is 1.77. The van der Waals surface area contributed by atoms with Gasteiger partial charge in [-0.3, -0.25) is 4.79 Å². The van der Waals surface area contributed by atoms with Crippen LogP contribution in [0.4, 0.5) is 0 Å². The van der Waals surface area contributed by atoms with E-state index in [2.05, 4.69) is 20.9 Å². The summed E-state index contributed by atoms with van der Waals surface area (Å²) < 4.78 is 5.29. The van der Waals surface area contributed by atoms with Gasteiger partial charge in [0.25, 0.3) is 0 Å². The molecule has 0 saturated carbocycles. The number of aromatic nitrogens is 1. The number of nitrogens with one attached hydrogen (secondary N) is 1. The molecule has 5 heteroatoms. The number of aryl methyl sites for hydroxylation is 1. The van der Waals surface area contributed by atoms with Crippen molar-refractivity contribution in [2.24, 2.45) is 0 Å². The zero-order valence-electron chi connectivity index (χ0n) is 14.5. The highest BCUT2D eigenvalue weighted by molar-refractivity contribution is 9.10. The lowest BCUT2D eigenvalue weighted by atomic mass is 9.93. The Kier molecular flexibility index (Phi) is 5.38. The van der Waals surface area contributed by atoms with Crippen LogP contribution in [-0.2, 0) is 11.2 Å². The highest BCUT2D eigenvalue weighted by Gasteiger charge is 2.27. The molecule has 0 aliphatic carbocycles. The molecule has 2 aromatic carbocycles. The van der Waals surface area contributed by atoms with Crippen LogP contribution < -0.4 is 0 Å². The van der Waals surface area contributed by atoms with E-state index in [4.69, 9.17) is 4.74 Å². The normalized spacial score (nSPS) is 10.6. The van der Waals surface area contributed by atoms with Gasteiger partial charge in [-0.25, -0.2) is 4.79 Å². The predicted molar refractivity (Wildman–Crippen MR) is 104 cm³/mol. The molecule has 0 atom stereocenters. The molecule has 26 heavy (non-hydrogen) atoms. The molecule has 132 valence electrons. The van der Waals surface area contributed by atoms with E-state index < -0.39 is 5.97 Å². The Labute approximate surface area is 160 Å². The van der Waals surface area contributed by atoms with E-state index in [0.717, 1.165) is 11.1 Å². The second-order valence-corrected chi connectivity index (χ2v) is 6.75. The van der Waals surface area contributed by atoms with Crippen LogP contribution in [0.3, 0.4) is 0 Å². The van der Waals surface area contributed by atoms with Crippen molar-refractivity contribution in [1.29, 1.82) is 0 Å². The van der Waals surface area contributed by atoms with Crippen molar-refractivity contribution in [1.82, 2.24) is 4.98 Å². The van der Waals surface area contributed by atoms with Crippen molar-refractivity contribution in [3.63, 3.8) is 0 Å². The van der Waals surface area contributed by atoms with Gasteiger partial charge in [-0.2, -0.15) is 0 Å². The molecule has 3 rings (SSSR count). The second kappa shape index (κ2) is 7.70. The van der Waals surface area contributed by atoms with Crippen LogP contribution in [0.2, 0.25) is 0 Å². The fraction of sp³-hybridized carbons (Fsp3) is 0.143. The van der Waals surface area contributed by atoms with Gasteiger partial charge in [0.1, 0.15) is 5.56 Å². The molecule has 0 saturated heterocycles. The summed E-state index contributed by atoms with van der Waals surface area (Å²) in [5.41, 5.74) is 3.80. The van der Waals surface area contributed by atoms with Crippen molar-refractivity contribution >= 4 is 27.7 Å². The average Bonchev–Trinajstić information content (AvgIpc) is 2.95. The van der Waals surface area contributed by atoms with Gasteiger partial charge in [-0.15, -0.1) is 0 Å². The van der Waals surface area contributed by atoms with Crippen LogP contribution in [0.1, 0.15) is 43.1 Å². The van der Waals surface area contributed by atoms with Gasteiger partial charge in [-0.1, -0.05) is 54.6 Å². The van der Waals surface area contributed by atoms with Crippen LogP contribution in [0, 0.1) is 6.92 Å². The van der Waals surface area contributed by atoms with Crippen molar-refractivity contribution < 1.29 is 14.3 Å². The number of ketones is 1. The fourth-order valence-corrected chi connectivity index (χ4v) is 3.67. The first-order chi connectivity index (χ1) is 12.5. The van der Waals surface area contributed by atoms with Crippen LogP contribution in [0.5, 0.6) is 0 Å². The highest BCUT2D eigenvalue weighted by atomic mass is 79.9. The largest absolute Gasteiger partial charge is 0.465 e. The Bertz CT molecular complexity index is 961. The number of hydrogen-bond donors (Lipinski definition) is 1. The number of benzene rings is 2. The van der Waals surface area contributed by atoms with Gasteiger partial charge >= 0.3 is 5.97 Å². The number of carbonyl (C=O) groups excluding carboxylic acids is 2. The molecule has 1 heterocycles. The summed E-state index contributed by atoms with van der Waals surface area (Å²) in [7, 11) is 1.30. The summed E-state index contributed by atoms with van der Waals surface area (Å²) in [5.74, 6) is -0.749. The van der Waals surface area contributed by atoms with Crippen molar-refractivity contribution in [3.05, 3.63) is 92.7 Å². The molecule has 0 bridgehead atoms. The number of rotatable bonds is 5. The number of H-pyrrole nitrogens is 1. The first-order valence-corrected chi connectivity index (χ1v) is 8.95. The van der Waals surface area contributed by atoms with E-state index in [1.54, 1.807) is 13.0 Å². The van der Waals surface area contributed by atoms with E-state index in [1.807, 2.05) is 48.5 Å². The Morgan fingerprint density at radius 2 is 1.65 bits per heavy atom. The second-order valence-electron chi connectivity index (χ2n) is 5.95. The van der Waals surface area contributed by atoms with Gasteiger partial charge in [0.2, 0.25) is 0 Å². The zero-order valence-corrected chi connectivity index (χ0v) is 16.1. The van der Waals surface area contributed by atoms with E-state index >= 15 is 0 Å². The lowest BCUT2D eigenvalue weighted by Gasteiger charge is -2.10. The summed E-state index contributed by atoms with van der Waals surface area (Å²) in [6.07, 6.45) is 0.640. The van der Waals surface area contributed by atoms with Gasteiger partial charge in [0, 0.05) is 11.3 Å². The smallest absolute Gasteiger partial charge is 0.341 e. The molecule has 0 unspecified atom stereocenters. The molecule has 1 N–H and O–H groups in total. The maximum Gasteiger partial charge on any atom is 0.341 e. The zero-order chi connectivity index (χ0) is 18.7. The Morgan fingerprint density at radius 1 is 1.00 bits per heavy atom. The number of halogens is 1. The third-order valence-corrected chi connectivity index (χ3v) is 4.85. The molecule has 1 aromatic heterocycles. The number of carbonyl (C=O) groups is 2. The maximum absolute atomic E-state index is 13.3. The van der Waals surface area contributed by atoms with Gasteiger partial charge in [-0.05, 0) is 40.4 Å². The predicted octanol–water partition coefficient (Wildman–Crippen LogP) is 4.69. The molecule has 0 fully saturated rings. The third kappa shape index (κ3) is 3.48. The molecular formula is C21H18BrNO3. The summed E-state index contributed by atoms with van der Waals surface area (Å²) in [4.78, 5) is 28.4. The van der Waals surface area contributed by atoms with Crippen LogP contribution in [-0.4, -0.2) is 23.8 Å². The van der Waals surface area contributed by atoms with E-state index in [0.29, 0.717) is 27.8 Å². The topological polar surface area (TPSA) is 59.2 Å². The third-order valence-electron chi connectivity index (χ3n) is 4.26. The lowest BCUT2D eigenvalue weighted by Crippen LogP contribution is -2.12.